The fourth-order valence-corrected chi connectivity index (χ4v) is 3.82. The fraction of sp³-hybridized carbons (Fsp3) is 0.647. The van der Waals surface area contributed by atoms with Gasteiger partial charge in [-0.2, -0.15) is 11.8 Å². The van der Waals surface area contributed by atoms with Crippen molar-refractivity contribution in [1.82, 2.24) is 5.32 Å². The quantitative estimate of drug-likeness (QED) is 0.880. The Labute approximate surface area is 132 Å². The van der Waals surface area contributed by atoms with Crippen molar-refractivity contribution < 1.29 is 4.39 Å². The van der Waals surface area contributed by atoms with Gasteiger partial charge in [0.2, 0.25) is 0 Å². The van der Waals surface area contributed by atoms with E-state index in [0.717, 1.165) is 42.9 Å². The Bertz CT molecular complexity index is 478. The molecule has 0 aromatic heterocycles. The second-order valence-corrected chi connectivity index (χ2v) is 7.51. The molecule has 0 spiro atoms. The van der Waals surface area contributed by atoms with E-state index in [2.05, 4.69) is 31.0 Å². The van der Waals surface area contributed by atoms with E-state index in [-0.39, 0.29) is 11.9 Å². The third-order valence-corrected chi connectivity index (χ3v) is 5.19. The lowest BCUT2D eigenvalue weighted by Crippen LogP contribution is -2.38. The molecule has 2 rings (SSSR count). The molecule has 0 amide bonds. The van der Waals surface area contributed by atoms with Gasteiger partial charge in [-0.25, -0.2) is 4.39 Å². The summed E-state index contributed by atoms with van der Waals surface area (Å²) in [5.74, 6) is 1.05. The van der Waals surface area contributed by atoms with Gasteiger partial charge in [0.05, 0.1) is 0 Å². The van der Waals surface area contributed by atoms with Crippen LogP contribution >= 0.6 is 11.8 Å². The first-order valence-corrected chi connectivity index (χ1v) is 8.97. The van der Waals surface area contributed by atoms with Crippen molar-refractivity contribution in [3.05, 3.63) is 29.1 Å². The minimum Gasteiger partial charge on any atom is -0.369 e. The lowest BCUT2D eigenvalue weighted by Gasteiger charge is -2.35. The van der Waals surface area contributed by atoms with Gasteiger partial charge in [-0.05, 0) is 50.1 Å². The Balaban J connectivity index is 2.31. The van der Waals surface area contributed by atoms with Crippen LogP contribution in [-0.2, 0) is 0 Å². The Hall–Kier alpha value is -0.740. The molecule has 1 N–H and O–H groups in total. The summed E-state index contributed by atoms with van der Waals surface area (Å²) >= 11 is 2.02. The van der Waals surface area contributed by atoms with E-state index in [4.69, 9.17) is 0 Å². The van der Waals surface area contributed by atoms with Gasteiger partial charge in [0.25, 0.3) is 0 Å². The molecule has 4 heteroatoms. The van der Waals surface area contributed by atoms with Crippen LogP contribution in [0.5, 0.6) is 0 Å². The van der Waals surface area contributed by atoms with E-state index >= 15 is 0 Å². The summed E-state index contributed by atoms with van der Waals surface area (Å²) in [7, 11) is 0. The van der Waals surface area contributed by atoms with Crippen molar-refractivity contribution in [2.45, 2.75) is 45.4 Å². The number of hydrogen-bond donors (Lipinski definition) is 1. The molecule has 1 aromatic carbocycles. The van der Waals surface area contributed by atoms with Crippen LogP contribution in [0.1, 0.15) is 44.4 Å². The van der Waals surface area contributed by atoms with E-state index in [1.54, 1.807) is 6.07 Å². The average Bonchev–Trinajstić information content (AvgIpc) is 2.47. The number of rotatable bonds is 5. The predicted octanol–water partition coefficient (Wildman–Crippen LogP) is 4.14. The van der Waals surface area contributed by atoms with Gasteiger partial charge in [0.1, 0.15) is 5.82 Å². The number of hydrogen-bond acceptors (Lipinski definition) is 3. The summed E-state index contributed by atoms with van der Waals surface area (Å²) in [6.45, 7) is 11.5. The summed E-state index contributed by atoms with van der Waals surface area (Å²) in [5.41, 5.74) is 3.03. The summed E-state index contributed by atoms with van der Waals surface area (Å²) in [5, 5.41) is 4.12. The molecule has 1 fully saturated rings. The molecule has 2 nitrogen and oxygen atoms in total. The number of nitrogens with one attached hydrogen (secondary N) is 1. The first-order chi connectivity index (χ1) is 10.0. The highest BCUT2D eigenvalue weighted by Gasteiger charge is 2.22. The minimum absolute atomic E-state index is 0.0988. The van der Waals surface area contributed by atoms with Crippen LogP contribution in [0.2, 0.25) is 0 Å². The van der Waals surface area contributed by atoms with Gasteiger partial charge >= 0.3 is 0 Å². The molecule has 2 atom stereocenters. The molecule has 1 aliphatic rings. The van der Waals surface area contributed by atoms with Gasteiger partial charge in [0.15, 0.2) is 0 Å². The van der Waals surface area contributed by atoms with Gasteiger partial charge < -0.3 is 10.2 Å². The normalized spacial score (nSPS) is 20.6. The van der Waals surface area contributed by atoms with Crippen molar-refractivity contribution in [2.75, 3.05) is 30.3 Å². The molecule has 0 saturated carbocycles. The number of nitrogens with zero attached hydrogens (tertiary/aromatic N) is 1. The van der Waals surface area contributed by atoms with Crippen LogP contribution in [-0.4, -0.2) is 30.6 Å². The molecular weight excluding hydrogens is 283 g/mol. The highest BCUT2D eigenvalue weighted by atomic mass is 32.2. The van der Waals surface area contributed by atoms with E-state index in [1.165, 1.54) is 5.69 Å². The lowest BCUT2D eigenvalue weighted by molar-refractivity contribution is 0.558. The molecule has 118 valence electrons. The molecule has 1 saturated heterocycles. The predicted molar refractivity (Wildman–Crippen MR) is 92.0 cm³/mol. The number of benzene rings is 1. The maximum Gasteiger partial charge on any atom is 0.126 e. The van der Waals surface area contributed by atoms with Crippen LogP contribution in [0.3, 0.4) is 0 Å². The SMILES string of the molecule is CCCNC(C)c1cc(F)c(C)cc1N1CCSC(C)C1. The topological polar surface area (TPSA) is 15.3 Å². The zero-order valence-corrected chi connectivity index (χ0v) is 14.4. The first kappa shape index (κ1) is 16.6. The van der Waals surface area contributed by atoms with Gasteiger partial charge in [-0.3, -0.25) is 0 Å². The number of anilines is 1. The van der Waals surface area contributed by atoms with Crippen molar-refractivity contribution >= 4 is 17.4 Å². The molecule has 0 radical (unpaired) electrons. The highest BCUT2D eigenvalue weighted by Crippen LogP contribution is 2.32. The largest absolute Gasteiger partial charge is 0.369 e. The van der Waals surface area contributed by atoms with Crippen LogP contribution in [0, 0.1) is 12.7 Å². The number of halogens is 1. The summed E-state index contributed by atoms with van der Waals surface area (Å²) < 4.78 is 14.0. The molecule has 2 unspecified atom stereocenters. The van der Waals surface area contributed by atoms with Crippen molar-refractivity contribution in [2.24, 2.45) is 0 Å². The maximum atomic E-state index is 14.0. The molecule has 0 bridgehead atoms. The first-order valence-electron chi connectivity index (χ1n) is 7.93. The van der Waals surface area contributed by atoms with Crippen molar-refractivity contribution in [1.29, 1.82) is 0 Å². The van der Waals surface area contributed by atoms with Gasteiger partial charge in [-0.15, -0.1) is 0 Å². The van der Waals surface area contributed by atoms with Crippen LogP contribution in [0.4, 0.5) is 10.1 Å². The zero-order valence-electron chi connectivity index (χ0n) is 13.6. The zero-order chi connectivity index (χ0) is 15.4. The Morgan fingerprint density at radius 2 is 2.24 bits per heavy atom. The molecule has 0 aliphatic carbocycles. The summed E-state index contributed by atoms with van der Waals surface area (Å²) in [4.78, 5) is 2.42. The Kier molecular flexibility index (Phi) is 5.94. The smallest absolute Gasteiger partial charge is 0.126 e. The van der Waals surface area contributed by atoms with Gasteiger partial charge in [-0.1, -0.05) is 13.8 Å². The van der Waals surface area contributed by atoms with E-state index in [9.17, 15) is 4.39 Å². The molecule has 1 heterocycles. The summed E-state index contributed by atoms with van der Waals surface area (Å²) in [6.07, 6.45) is 1.09. The minimum atomic E-state index is -0.0988. The molecule has 1 aromatic rings. The third-order valence-electron chi connectivity index (χ3n) is 4.06. The number of aryl methyl sites for hydroxylation is 1. The van der Waals surface area contributed by atoms with E-state index in [0.29, 0.717) is 5.25 Å². The van der Waals surface area contributed by atoms with Crippen molar-refractivity contribution in [3.8, 4) is 0 Å². The lowest BCUT2D eigenvalue weighted by atomic mass is 10.0. The van der Waals surface area contributed by atoms with Crippen LogP contribution in [0.15, 0.2) is 12.1 Å². The third kappa shape index (κ3) is 4.13. The van der Waals surface area contributed by atoms with E-state index in [1.807, 2.05) is 24.8 Å². The van der Waals surface area contributed by atoms with Crippen LogP contribution < -0.4 is 10.2 Å². The fourth-order valence-electron chi connectivity index (χ4n) is 2.81. The van der Waals surface area contributed by atoms with Crippen LogP contribution in [0.25, 0.3) is 0 Å². The summed E-state index contributed by atoms with van der Waals surface area (Å²) in [6, 6.07) is 3.93. The second-order valence-electron chi connectivity index (χ2n) is 5.96. The van der Waals surface area contributed by atoms with Crippen molar-refractivity contribution in [3.63, 3.8) is 0 Å². The average molecular weight is 310 g/mol. The Morgan fingerprint density at radius 1 is 1.48 bits per heavy atom. The molecular formula is C17H27FN2S. The molecule has 21 heavy (non-hydrogen) atoms. The monoisotopic (exact) mass is 310 g/mol. The standard InChI is InChI=1S/C17H27FN2S/c1-5-6-19-14(4)15-10-16(18)12(2)9-17(15)20-7-8-21-13(3)11-20/h9-10,13-14,19H,5-8,11H2,1-4H3. The molecule has 1 aliphatic heterocycles. The number of thioether (sulfide) groups is 1. The second kappa shape index (κ2) is 7.50. The maximum absolute atomic E-state index is 14.0. The Morgan fingerprint density at radius 3 is 2.90 bits per heavy atom. The highest BCUT2D eigenvalue weighted by molar-refractivity contribution is 8.00. The van der Waals surface area contributed by atoms with E-state index < -0.39 is 0 Å². The van der Waals surface area contributed by atoms with Gasteiger partial charge in [0, 0.05) is 35.8 Å².